The van der Waals surface area contributed by atoms with Crippen LogP contribution in [-0.2, 0) is 9.53 Å². The van der Waals surface area contributed by atoms with Crippen LogP contribution in [-0.4, -0.2) is 43.8 Å². The van der Waals surface area contributed by atoms with Gasteiger partial charge in [0.15, 0.2) is 0 Å². The predicted molar refractivity (Wildman–Crippen MR) is 60.9 cm³/mol. The molecule has 1 aliphatic carbocycles. The minimum atomic E-state index is -0.235. The third-order valence-corrected chi connectivity index (χ3v) is 3.37. The summed E-state index contributed by atoms with van der Waals surface area (Å²) in [5.74, 6) is 0.614. The quantitative estimate of drug-likeness (QED) is 0.589. The highest BCUT2D eigenvalue weighted by molar-refractivity contribution is 5.82. The summed E-state index contributed by atoms with van der Waals surface area (Å²) >= 11 is 0. The fraction of sp³-hybridized carbons (Fsp3) is 0.909. The molecule has 92 valence electrons. The molecular weight excluding hydrogens is 206 g/mol. The number of nitrogens with two attached hydrogens (primary N) is 1. The van der Waals surface area contributed by atoms with Crippen molar-refractivity contribution in [2.75, 3.05) is 19.7 Å². The number of hydrogen-bond donors (Lipinski definition) is 3. The average molecular weight is 227 g/mol. The number of hydrogen-bond acceptors (Lipinski definition) is 4. The van der Waals surface area contributed by atoms with E-state index in [-0.39, 0.29) is 24.1 Å². The summed E-state index contributed by atoms with van der Waals surface area (Å²) in [5.41, 5.74) is 5.66. The van der Waals surface area contributed by atoms with Crippen molar-refractivity contribution in [1.82, 2.24) is 10.6 Å². The molecule has 1 saturated heterocycles. The lowest BCUT2D eigenvalue weighted by atomic mass is 10.1. The summed E-state index contributed by atoms with van der Waals surface area (Å²) < 4.78 is 5.45. The van der Waals surface area contributed by atoms with Crippen molar-refractivity contribution in [1.29, 1.82) is 0 Å². The fourth-order valence-corrected chi connectivity index (χ4v) is 2.17. The van der Waals surface area contributed by atoms with Crippen molar-refractivity contribution in [3.8, 4) is 0 Å². The molecule has 5 heteroatoms. The fourth-order valence-electron chi connectivity index (χ4n) is 2.17. The van der Waals surface area contributed by atoms with E-state index in [2.05, 4.69) is 10.6 Å². The molecule has 5 nitrogen and oxygen atoms in total. The van der Waals surface area contributed by atoms with Gasteiger partial charge in [-0.3, -0.25) is 4.79 Å². The monoisotopic (exact) mass is 227 g/mol. The van der Waals surface area contributed by atoms with Crippen LogP contribution >= 0.6 is 0 Å². The molecule has 3 atom stereocenters. The third kappa shape index (κ3) is 2.72. The van der Waals surface area contributed by atoms with Crippen LogP contribution in [0.15, 0.2) is 0 Å². The number of amides is 1. The van der Waals surface area contributed by atoms with Gasteiger partial charge in [-0.2, -0.15) is 0 Å². The lowest BCUT2D eigenvalue weighted by Gasteiger charge is -2.30. The summed E-state index contributed by atoms with van der Waals surface area (Å²) in [6, 6.07) is -0.0926. The highest BCUT2D eigenvalue weighted by Crippen LogP contribution is 2.32. The minimum absolute atomic E-state index is 0.0227. The Kier molecular flexibility index (Phi) is 3.78. The Morgan fingerprint density at radius 3 is 2.94 bits per heavy atom. The highest BCUT2D eigenvalue weighted by atomic mass is 16.5. The molecule has 1 aliphatic heterocycles. The molecular formula is C11H21N3O2. The Bertz CT molecular complexity index is 256. The first kappa shape index (κ1) is 11.8. The van der Waals surface area contributed by atoms with E-state index in [1.165, 1.54) is 12.8 Å². The van der Waals surface area contributed by atoms with E-state index in [1.807, 2.05) is 6.92 Å². The maximum Gasteiger partial charge on any atom is 0.240 e. The van der Waals surface area contributed by atoms with Crippen molar-refractivity contribution < 1.29 is 9.53 Å². The van der Waals surface area contributed by atoms with Gasteiger partial charge in [0, 0.05) is 19.1 Å². The van der Waals surface area contributed by atoms with E-state index < -0.39 is 0 Å². The largest absolute Gasteiger partial charge is 0.375 e. The molecule has 1 unspecified atom stereocenters. The number of morpholine rings is 1. The molecule has 2 aliphatic rings. The standard InChI is InChI=1S/C11H21N3O2/c1-7-10(13-4-5-16-7)11(15)14-9(6-12)8-2-3-8/h7-10,13H,2-6,12H2,1H3,(H,14,15)/t7-,9?,10+/m1/s1. The number of rotatable bonds is 4. The molecule has 0 bridgehead atoms. The molecule has 4 N–H and O–H groups in total. The molecule has 16 heavy (non-hydrogen) atoms. The molecule has 0 aromatic heterocycles. The zero-order valence-electron chi connectivity index (χ0n) is 9.74. The summed E-state index contributed by atoms with van der Waals surface area (Å²) in [6.07, 6.45) is 2.31. The summed E-state index contributed by atoms with van der Waals surface area (Å²) in [5, 5.41) is 6.20. The maximum absolute atomic E-state index is 12.0. The van der Waals surface area contributed by atoms with E-state index in [0.717, 1.165) is 6.54 Å². The summed E-state index contributed by atoms with van der Waals surface area (Å²) in [4.78, 5) is 12.0. The van der Waals surface area contributed by atoms with Gasteiger partial charge < -0.3 is 21.1 Å². The lowest BCUT2D eigenvalue weighted by molar-refractivity contribution is -0.129. The van der Waals surface area contributed by atoms with Crippen molar-refractivity contribution >= 4 is 5.91 Å². The first-order valence-electron chi connectivity index (χ1n) is 6.08. The van der Waals surface area contributed by atoms with Gasteiger partial charge >= 0.3 is 0 Å². The van der Waals surface area contributed by atoms with Gasteiger partial charge in [-0.05, 0) is 25.7 Å². The lowest BCUT2D eigenvalue weighted by Crippen LogP contribution is -2.58. The maximum atomic E-state index is 12.0. The number of carbonyl (C=O) groups is 1. The molecule has 0 aromatic rings. The Morgan fingerprint density at radius 1 is 1.62 bits per heavy atom. The van der Waals surface area contributed by atoms with Crippen molar-refractivity contribution in [3.05, 3.63) is 0 Å². The third-order valence-electron chi connectivity index (χ3n) is 3.37. The Hall–Kier alpha value is -0.650. The number of nitrogens with one attached hydrogen (secondary N) is 2. The van der Waals surface area contributed by atoms with Gasteiger partial charge in [-0.25, -0.2) is 0 Å². The van der Waals surface area contributed by atoms with Crippen molar-refractivity contribution in [2.24, 2.45) is 11.7 Å². The zero-order chi connectivity index (χ0) is 11.5. The van der Waals surface area contributed by atoms with Crippen LogP contribution in [0.25, 0.3) is 0 Å². The van der Waals surface area contributed by atoms with Crippen LogP contribution in [0.1, 0.15) is 19.8 Å². The van der Waals surface area contributed by atoms with Crippen molar-refractivity contribution in [2.45, 2.75) is 38.0 Å². The molecule has 0 radical (unpaired) electrons. The molecule has 2 rings (SSSR count). The molecule has 1 amide bonds. The zero-order valence-corrected chi connectivity index (χ0v) is 9.74. The SMILES string of the molecule is C[C@H]1OCCN[C@@H]1C(=O)NC(CN)C1CC1. The van der Waals surface area contributed by atoms with Gasteiger partial charge in [0.25, 0.3) is 0 Å². The minimum Gasteiger partial charge on any atom is -0.375 e. The van der Waals surface area contributed by atoms with Gasteiger partial charge in [-0.1, -0.05) is 0 Å². The second-order valence-electron chi connectivity index (χ2n) is 4.70. The topological polar surface area (TPSA) is 76.4 Å². The van der Waals surface area contributed by atoms with Crippen LogP contribution in [0.5, 0.6) is 0 Å². The Labute approximate surface area is 96.1 Å². The van der Waals surface area contributed by atoms with Crippen LogP contribution in [0.3, 0.4) is 0 Å². The average Bonchev–Trinajstić information content (AvgIpc) is 3.10. The van der Waals surface area contributed by atoms with E-state index in [0.29, 0.717) is 19.1 Å². The van der Waals surface area contributed by atoms with Gasteiger partial charge in [-0.15, -0.1) is 0 Å². The van der Waals surface area contributed by atoms with Crippen LogP contribution < -0.4 is 16.4 Å². The normalized spacial score (nSPS) is 32.1. The second-order valence-corrected chi connectivity index (χ2v) is 4.70. The first-order valence-corrected chi connectivity index (χ1v) is 6.08. The van der Waals surface area contributed by atoms with E-state index in [9.17, 15) is 4.79 Å². The molecule has 0 aromatic carbocycles. The number of ether oxygens (including phenoxy) is 1. The van der Waals surface area contributed by atoms with Gasteiger partial charge in [0.2, 0.25) is 5.91 Å². The summed E-state index contributed by atoms with van der Waals surface area (Å²) in [7, 11) is 0. The van der Waals surface area contributed by atoms with Crippen LogP contribution in [0, 0.1) is 5.92 Å². The van der Waals surface area contributed by atoms with E-state index in [1.54, 1.807) is 0 Å². The smallest absolute Gasteiger partial charge is 0.240 e. The van der Waals surface area contributed by atoms with E-state index in [4.69, 9.17) is 10.5 Å². The van der Waals surface area contributed by atoms with Crippen LogP contribution in [0.2, 0.25) is 0 Å². The van der Waals surface area contributed by atoms with E-state index >= 15 is 0 Å². The molecule has 1 heterocycles. The first-order chi connectivity index (χ1) is 7.72. The summed E-state index contributed by atoms with van der Waals surface area (Å²) in [6.45, 7) is 3.86. The molecule has 2 fully saturated rings. The Balaban J connectivity index is 1.85. The highest BCUT2D eigenvalue weighted by Gasteiger charge is 2.34. The van der Waals surface area contributed by atoms with Crippen molar-refractivity contribution in [3.63, 3.8) is 0 Å². The molecule has 1 saturated carbocycles. The van der Waals surface area contributed by atoms with Gasteiger partial charge in [0.05, 0.1) is 12.7 Å². The number of carbonyl (C=O) groups excluding carboxylic acids is 1. The van der Waals surface area contributed by atoms with Crippen LogP contribution in [0.4, 0.5) is 0 Å². The second kappa shape index (κ2) is 5.12. The van der Waals surface area contributed by atoms with Gasteiger partial charge in [0.1, 0.15) is 6.04 Å². The Morgan fingerprint density at radius 2 is 2.38 bits per heavy atom. The molecule has 0 spiro atoms. The predicted octanol–water partition coefficient (Wildman–Crippen LogP) is -0.783.